The van der Waals surface area contributed by atoms with Crippen LogP contribution in [0.2, 0.25) is 0 Å². The number of hydrogen-bond donors (Lipinski definition) is 2. The van der Waals surface area contributed by atoms with Crippen molar-refractivity contribution in [2.24, 2.45) is 4.99 Å². The van der Waals surface area contributed by atoms with Gasteiger partial charge in [-0.1, -0.05) is 0 Å². The molecule has 1 aliphatic heterocycles. The maximum atomic E-state index is 11.5. The van der Waals surface area contributed by atoms with E-state index in [4.69, 9.17) is 0 Å². The maximum absolute atomic E-state index is 11.5. The molecule has 2 heterocycles. The van der Waals surface area contributed by atoms with E-state index in [1.165, 1.54) is 0 Å². The van der Waals surface area contributed by atoms with Gasteiger partial charge in [-0.05, 0) is 24.1 Å². The van der Waals surface area contributed by atoms with Crippen molar-refractivity contribution in [1.29, 1.82) is 0 Å². The van der Waals surface area contributed by atoms with Crippen molar-refractivity contribution in [3.8, 4) is 0 Å². The first-order chi connectivity index (χ1) is 10.4. The number of aliphatic imine (C=N–C) groups is 1. The lowest BCUT2D eigenvalue weighted by molar-refractivity contribution is 0.599. The van der Waals surface area contributed by atoms with E-state index >= 15 is 0 Å². The molecule has 1 unspecified atom stereocenters. The van der Waals surface area contributed by atoms with E-state index in [1.54, 1.807) is 13.2 Å². The Labute approximate surface area is 154 Å². The first kappa shape index (κ1) is 19.9. The first-order valence-corrected chi connectivity index (χ1v) is 9.01. The molecular weight excluding hydrogens is 429 g/mol. The number of hydrogen-bond acceptors (Lipinski definition) is 5. The Morgan fingerprint density at radius 1 is 1.48 bits per heavy atom. The standard InChI is InChI=1S/C14H23N5O2S.HI/c1-15-14(18-12-5-7-22(20,21)10-12)17-9-11-4-6-16-13(8-11)19(2)3;/h4,6,8,12H,5,7,9-10H2,1-3H3,(H2,15,17,18);1H. The van der Waals surface area contributed by atoms with E-state index in [0.29, 0.717) is 18.9 Å². The van der Waals surface area contributed by atoms with Crippen LogP contribution < -0.4 is 15.5 Å². The molecule has 0 amide bonds. The average molecular weight is 453 g/mol. The third-order valence-electron chi connectivity index (χ3n) is 3.52. The lowest BCUT2D eigenvalue weighted by atomic mass is 10.2. The third-order valence-corrected chi connectivity index (χ3v) is 5.29. The fourth-order valence-electron chi connectivity index (χ4n) is 2.30. The van der Waals surface area contributed by atoms with Crippen LogP contribution >= 0.6 is 24.0 Å². The molecule has 7 nitrogen and oxygen atoms in total. The zero-order valence-corrected chi connectivity index (χ0v) is 16.8. The van der Waals surface area contributed by atoms with Gasteiger partial charge in [0, 0.05) is 39.9 Å². The predicted molar refractivity (Wildman–Crippen MR) is 104 cm³/mol. The molecule has 2 rings (SSSR count). The number of sulfone groups is 1. The van der Waals surface area contributed by atoms with Gasteiger partial charge < -0.3 is 15.5 Å². The monoisotopic (exact) mass is 453 g/mol. The highest BCUT2D eigenvalue weighted by molar-refractivity contribution is 14.0. The Morgan fingerprint density at radius 3 is 2.78 bits per heavy atom. The Balaban J connectivity index is 0.00000264. The minimum atomic E-state index is -2.89. The molecule has 1 fully saturated rings. The molecule has 9 heteroatoms. The molecule has 2 N–H and O–H groups in total. The summed E-state index contributed by atoms with van der Waals surface area (Å²) in [6.07, 6.45) is 2.40. The second kappa shape index (κ2) is 8.67. The molecule has 1 aromatic rings. The zero-order chi connectivity index (χ0) is 16.2. The molecule has 0 aromatic carbocycles. The molecule has 0 bridgehead atoms. The number of nitrogens with one attached hydrogen (secondary N) is 2. The second-order valence-corrected chi connectivity index (χ2v) is 7.82. The lowest BCUT2D eigenvalue weighted by Gasteiger charge is -2.17. The van der Waals surface area contributed by atoms with Gasteiger partial charge in [-0.25, -0.2) is 13.4 Å². The predicted octanol–water partition coefficient (Wildman–Crippen LogP) is 0.618. The topological polar surface area (TPSA) is 86.7 Å². The summed E-state index contributed by atoms with van der Waals surface area (Å²) < 4.78 is 23.0. The molecule has 0 spiro atoms. The van der Waals surface area contributed by atoms with Crippen molar-refractivity contribution in [2.45, 2.75) is 19.0 Å². The smallest absolute Gasteiger partial charge is 0.191 e. The summed E-state index contributed by atoms with van der Waals surface area (Å²) in [4.78, 5) is 10.4. The fourth-order valence-corrected chi connectivity index (χ4v) is 3.97. The van der Waals surface area contributed by atoms with Gasteiger partial charge in [-0.15, -0.1) is 24.0 Å². The Kier molecular flexibility index (Phi) is 7.52. The van der Waals surface area contributed by atoms with Crippen LogP contribution in [-0.4, -0.2) is 58.1 Å². The number of nitrogens with zero attached hydrogens (tertiary/aromatic N) is 3. The molecule has 0 saturated carbocycles. The highest BCUT2D eigenvalue weighted by Gasteiger charge is 2.28. The van der Waals surface area contributed by atoms with Gasteiger partial charge >= 0.3 is 0 Å². The number of halogens is 1. The molecular formula is C14H24IN5O2S. The molecule has 1 saturated heterocycles. The van der Waals surface area contributed by atoms with Gasteiger partial charge in [-0.3, -0.25) is 4.99 Å². The van der Waals surface area contributed by atoms with Gasteiger partial charge in [0.25, 0.3) is 0 Å². The summed E-state index contributed by atoms with van der Waals surface area (Å²) in [7, 11) is 2.68. The van der Waals surface area contributed by atoms with Gasteiger partial charge in [0.05, 0.1) is 11.5 Å². The maximum Gasteiger partial charge on any atom is 0.191 e. The summed E-state index contributed by atoms with van der Waals surface area (Å²) in [6.45, 7) is 0.600. The SMILES string of the molecule is CN=C(NCc1ccnc(N(C)C)c1)NC1CCS(=O)(=O)C1.I. The Morgan fingerprint density at radius 2 is 2.22 bits per heavy atom. The second-order valence-electron chi connectivity index (χ2n) is 5.59. The zero-order valence-electron chi connectivity index (χ0n) is 13.6. The highest BCUT2D eigenvalue weighted by Crippen LogP contribution is 2.11. The average Bonchev–Trinajstić information content (AvgIpc) is 2.82. The van der Waals surface area contributed by atoms with E-state index in [-0.39, 0.29) is 41.5 Å². The largest absolute Gasteiger partial charge is 0.363 e. The molecule has 130 valence electrons. The van der Waals surface area contributed by atoms with Gasteiger partial charge in [0.1, 0.15) is 5.82 Å². The van der Waals surface area contributed by atoms with Gasteiger partial charge in [0.15, 0.2) is 15.8 Å². The molecule has 1 aliphatic rings. The van der Waals surface area contributed by atoms with Gasteiger partial charge in [-0.2, -0.15) is 0 Å². The van der Waals surface area contributed by atoms with Crippen molar-refractivity contribution >= 4 is 45.6 Å². The summed E-state index contributed by atoms with van der Waals surface area (Å²) in [5, 5.41) is 6.37. The molecule has 0 aliphatic carbocycles. The number of guanidine groups is 1. The summed E-state index contributed by atoms with van der Waals surface area (Å²) in [5.74, 6) is 1.93. The van der Waals surface area contributed by atoms with Crippen LogP contribution in [0.3, 0.4) is 0 Å². The van der Waals surface area contributed by atoms with Crippen LogP contribution in [0.1, 0.15) is 12.0 Å². The minimum Gasteiger partial charge on any atom is -0.363 e. The van der Waals surface area contributed by atoms with Crippen LogP contribution in [0.15, 0.2) is 23.3 Å². The number of rotatable bonds is 4. The van der Waals surface area contributed by atoms with E-state index in [9.17, 15) is 8.42 Å². The molecule has 0 radical (unpaired) electrons. The van der Waals surface area contributed by atoms with Crippen molar-refractivity contribution in [3.63, 3.8) is 0 Å². The van der Waals surface area contributed by atoms with Crippen molar-refractivity contribution < 1.29 is 8.42 Å². The summed E-state index contributed by atoms with van der Waals surface area (Å²) in [6, 6.07) is 3.87. The Bertz CT molecular complexity index is 648. The van der Waals surface area contributed by atoms with Crippen molar-refractivity contribution in [3.05, 3.63) is 23.9 Å². The van der Waals surface area contributed by atoms with Crippen LogP contribution in [-0.2, 0) is 16.4 Å². The summed E-state index contributed by atoms with van der Waals surface area (Å²) in [5.41, 5.74) is 1.08. The Hall–Kier alpha value is -1.10. The van der Waals surface area contributed by atoms with Gasteiger partial charge in [0.2, 0.25) is 0 Å². The number of pyridine rings is 1. The van der Waals surface area contributed by atoms with Crippen LogP contribution in [0.25, 0.3) is 0 Å². The lowest BCUT2D eigenvalue weighted by Crippen LogP contribution is -2.43. The quantitative estimate of drug-likeness (QED) is 0.395. The van der Waals surface area contributed by atoms with Crippen LogP contribution in [0.4, 0.5) is 5.82 Å². The first-order valence-electron chi connectivity index (χ1n) is 7.19. The summed E-state index contributed by atoms with van der Waals surface area (Å²) >= 11 is 0. The fraction of sp³-hybridized carbons (Fsp3) is 0.571. The van der Waals surface area contributed by atoms with Crippen molar-refractivity contribution in [1.82, 2.24) is 15.6 Å². The van der Waals surface area contributed by atoms with Crippen molar-refractivity contribution in [2.75, 3.05) is 37.5 Å². The number of anilines is 1. The molecule has 1 aromatic heterocycles. The third kappa shape index (κ3) is 6.13. The van der Waals surface area contributed by atoms with Crippen LogP contribution in [0, 0.1) is 0 Å². The normalized spacial score (nSPS) is 19.8. The van der Waals surface area contributed by atoms with E-state index in [0.717, 1.165) is 11.4 Å². The van der Waals surface area contributed by atoms with E-state index in [2.05, 4.69) is 20.6 Å². The minimum absolute atomic E-state index is 0. The van der Waals surface area contributed by atoms with E-state index < -0.39 is 9.84 Å². The van der Waals surface area contributed by atoms with Crippen LogP contribution in [0.5, 0.6) is 0 Å². The van der Waals surface area contributed by atoms with E-state index in [1.807, 2.05) is 31.1 Å². The molecule has 1 atom stereocenters. The highest BCUT2D eigenvalue weighted by atomic mass is 127. The molecule has 23 heavy (non-hydrogen) atoms. The number of aromatic nitrogens is 1.